The summed E-state index contributed by atoms with van der Waals surface area (Å²) >= 11 is 1.70. The maximum absolute atomic E-state index is 5.96. The van der Waals surface area contributed by atoms with E-state index in [0.717, 1.165) is 17.9 Å². The summed E-state index contributed by atoms with van der Waals surface area (Å²) in [5.74, 6) is 0. The molecule has 0 spiro atoms. The van der Waals surface area contributed by atoms with E-state index in [0.29, 0.717) is 0 Å². The second kappa shape index (κ2) is 6.91. The van der Waals surface area contributed by atoms with Gasteiger partial charge in [-0.1, -0.05) is 30.8 Å². The molecule has 0 aliphatic carbocycles. The van der Waals surface area contributed by atoms with Crippen LogP contribution in [0.25, 0.3) is 0 Å². The molecular formula is C17H22N2S. The summed E-state index contributed by atoms with van der Waals surface area (Å²) in [6.45, 7) is 6.39. The third kappa shape index (κ3) is 4.09. The summed E-state index contributed by atoms with van der Waals surface area (Å²) in [5.41, 5.74) is 9.82. The lowest BCUT2D eigenvalue weighted by atomic mass is 10.1. The largest absolute Gasteiger partial charge is 0.327 e. The van der Waals surface area contributed by atoms with Gasteiger partial charge >= 0.3 is 0 Å². The van der Waals surface area contributed by atoms with Crippen LogP contribution in [0.15, 0.2) is 46.5 Å². The average Bonchev–Trinajstić information content (AvgIpc) is 2.45. The zero-order valence-corrected chi connectivity index (χ0v) is 13.2. The van der Waals surface area contributed by atoms with Crippen molar-refractivity contribution >= 4 is 11.8 Å². The number of aromatic nitrogens is 1. The van der Waals surface area contributed by atoms with Gasteiger partial charge in [0.15, 0.2) is 0 Å². The molecule has 2 aromatic rings. The van der Waals surface area contributed by atoms with Gasteiger partial charge in [-0.15, -0.1) is 0 Å². The zero-order chi connectivity index (χ0) is 14.5. The molecule has 2 N–H and O–H groups in total. The Hall–Kier alpha value is -1.32. The Kier molecular flexibility index (Phi) is 5.21. The van der Waals surface area contributed by atoms with Crippen LogP contribution < -0.4 is 5.73 Å². The summed E-state index contributed by atoms with van der Waals surface area (Å²) in [5, 5.41) is 1.03. The van der Waals surface area contributed by atoms with Crippen molar-refractivity contribution in [2.45, 2.75) is 49.6 Å². The van der Waals surface area contributed by atoms with Crippen molar-refractivity contribution in [3.8, 4) is 0 Å². The van der Waals surface area contributed by atoms with Crippen molar-refractivity contribution in [2.75, 3.05) is 0 Å². The molecule has 1 atom stereocenters. The topological polar surface area (TPSA) is 38.9 Å². The van der Waals surface area contributed by atoms with E-state index in [2.05, 4.69) is 56.1 Å². The Balaban J connectivity index is 2.04. The molecule has 3 heteroatoms. The summed E-state index contributed by atoms with van der Waals surface area (Å²) in [6.07, 6.45) is 3.84. The quantitative estimate of drug-likeness (QED) is 0.898. The van der Waals surface area contributed by atoms with E-state index in [1.54, 1.807) is 11.8 Å². The van der Waals surface area contributed by atoms with Crippen molar-refractivity contribution in [3.63, 3.8) is 0 Å². The molecule has 0 amide bonds. The summed E-state index contributed by atoms with van der Waals surface area (Å²) in [4.78, 5) is 5.76. The van der Waals surface area contributed by atoms with Gasteiger partial charge in [0.1, 0.15) is 5.03 Å². The van der Waals surface area contributed by atoms with Crippen molar-refractivity contribution in [3.05, 3.63) is 53.2 Å². The van der Waals surface area contributed by atoms with Crippen LogP contribution >= 0.6 is 11.8 Å². The van der Waals surface area contributed by atoms with E-state index in [9.17, 15) is 0 Å². The van der Waals surface area contributed by atoms with E-state index in [1.807, 2.05) is 6.20 Å². The molecule has 0 aliphatic rings. The SMILES string of the molecule is CCC(N)Cc1ccc(Sc2ccc(C)c(C)c2)nc1. The first-order valence-corrected chi connectivity index (χ1v) is 7.85. The van der Waals surface area contributed by atoms with Gasteiger partial charge in [0.05, 0.1) is 0 Å². The molecule has 2 nitrogen and oxygen atoms in total. The van der Waals surface area contributed by atoms with Crippen molar-refractivity contribution in [1.29, 1.82) is 0 Å². The Morgan fingerprint density at radius 1 is 1.15 bits per heavy atom. The normalized spacial score (nSPS) is 12.4. The molecule has 1 aromatic heterocycles. The maximum Gasteiger partial charge on any atom is 0.101 e. The predicted molar refractivity (Wildman–Crippen MR) is 86.2 cm³/mol. The Bertz CT molecular complexity index is 564. The molecular weight excluding hydrogens is 264 g/mol. The third-order valence-corrected chi connectivity index (χ3v) is 4.46. The summed E-state index contributed by atoms with van der Waals surface area (Å²) in [6, 6.07) is 11.0. The highest BCUT2D eigenvalue weighted by Gasteiger charge is 2.04. The van der Waals surface area contributed by atoms with Crippen LogP contribution in [0.1, 0.15) is 30.0 Å². The minimum atomic E-state index is 0.232. The van der Waals surface area contributed by atoms with Gasteiger partial charge in [0.2, 0.25) is 0 Å². The number of nitrogens with two attached hydrogens (primary N) is 1. The third-order valence-electron chi connectivity index (χ3n) is 3.52. The molecule has 0 saturated heterocycles. The smallest absolute Gasteiger partial charge is 0.101 e. The lowest BCUT2D eigenvalue weighted by molar-refractivity contribution is 0.644. The van der Waals surface area contributed by atoms with Gasteiger partial charge in [0, 0.05) is 17.1 Å². The van der Waals surface area contributed by atoms with Gasteiger partial charge < -0.3 is 5.73 Å². The molecule has 0 aliphatic heterocycles. The van der Waals surface area contributed by atoms with Crippen LogP contribution in [0.5, 0.6) is 0 Å². The Labute approximate surface area is 125 Å². The van der Waals surface area contributed by atoms with E-state index in [4.69, 9.17) is 5.73 Å². The second-order valence-corrected chi connectivity index (χ2v) is 6.32. The van der Waals surface area contributed by atoms with Gasteiger partial charge in [-0.05, 0) is 61.6 Å². The molecule has 0 bridgehead atoms. The Morgan fingerprint density at radius 3 is 2.55 bits per heavy atom. The van der Waals surface area contributed by atoms with E-state index in [1.165, 1.54) is 21.6 Å². The fourth-order valence-electron chi connectivity index (χ4n) is 1.94. The van der Waals surface area contributed by atoms with Gasteiger partial charge in [-0.2, -0.15) is 0 Å². The van der Waals surface area contributed by atoms with Crippen molar-refractivity contribution in [1.82, 2.24) is 4.98 Å². The van der Waals surface area contributed by atoms with E-state index in [-0.39, 0.29) is 6.04 Å². The number of hydrogen-bond acceptors (Lipinski definition) is 3. The molecule has 1 heterocycles. The van der Waals surface area contributed by atoms with E-state index < -0.39 is 0 Å². The highest BCUT2D eigenvalue weighted by Crippen LogP contribution is 2.27. The van der Waals surface area contributed by atoms with E-state index >= 15 is 0 Å². The minimum absolute atomic E-state index is 0.232. The van der Waals surface area contributed by atoms with Gasteiger partial charge in [0.25, 0.3) is 0 Å². The lowest BCUT2D eigenvalue weighted by Crippen LogP contribution is -2.21. The number of rotatable bonds is 5. The molecule has 106 valence electrons. The molecule has 0 fully saturated rings. The lowest BCUT2D eigenvalue weighted by Gasteiger charge is -2.09. The van der Waals surface area contributed by atoms with Crippen molar-refractivity contribution < 1.29 is 0 Å². The fourth-order valence-corrected chi connectivity index (χ4v) is 2.79. The zero-order valence-electron chi connectivity index (χ0n) is 12.4. The molecule has 1 aromatic carbocycles. The van der Waals surface area contributed by atoms with Crippen molar-refractivity contribution in [2.24, 2.45) is 5.73 Å². The summed E-state index contributed by atoms with van der Waals surface area (Å²) in [7, 11) is 0. The molecule has 20 heavy (non-hydrogen) atoms. The monoisotopic (exact) mass is 286 g/mol. The standard InChI is InChI=1S/C17H22N2S/c1-4-15(18)10-14-6-8-17(19-11-14)20-16-7-5-12(2)13(3)9-16/h5-9,11,15H,4,10,18H2,1-3H3. The van der Waals surface area contributed by atoms with Gasteiger partial charge in [-0.25, -0.2) is 4.98 Å². The van der Waals surface area contributed by atoms with Crippen LogP contribution in [-0.2, 0) is 6.42 Å². The molecule has 0 saturated carbocycles. The molecule has 1 unspecified atom stereocenters. The maximum atomic E-state index is 5.96. The second-order valence-electron chi connectivity index (χ2n) is 5.23. The Morgan fingerprint density at radius 2 is 1.95 bits per heavy atom. The highest BCUT2D eigenvalue weighted by atomic mass is 32.2. The van der Waals surface area contributed by atoms with Crippen LogP contribution in [0, 0.1) is 13.8 Å². The van der Waals surface area contributed by atoms with Crippen LogP contribution in [0.2, 0.25) is 0 Å². The predicted octanol–water partition coefficient (Wildman–Crippen LogP) is 4.13. The summed E-state index contributed by atoms with van der Waals surface area (Å²) < 4.78 is 0. The number of hydrogen-bond donors (Lipinski definition) is 1. The number of nitrogens with zero attached hydrogens (tertiary/aromatic N) is 1. The number of benzene rings is 1. The van der Waals surface area contributed by atoms with Crippen LogP contribution in [-0.4, -0.2) is 11.0 Å². The average molecular weight is 286 g/mol. The van der Waals surface area contributed by atoms with Crippen LogP contribution in [0.4, 0.5) is 0 Å². The number of pyridine rings is 1. The van der Waals surface area contributed by atoms with Crippen LogP contribution in [0.3, 0.4) is 0 Å². The first-order valence-electron chi connectivity index (χ1n) is 7.04. The highest BCUT2D eigenvalue weighted by molar-refractivity contribution is 7.99. The number of aryl methyl sites for hydroxylation is 2. The molecule has 2 rings (SSSR count). The first-order chi connectivity index (χ1) is 9.58. The molecule has 0 radical (unpaired) electrons. The first kappa shape index (κ1) is 15.1. The van der Waals surface area contributed by atoms with Gasteiger partial charge in [-0.3, -0.25) is 0 Å². The fraction of sp³-hybridized carbons (Fsp3) is 0.353. The minimum Gasteiger partial charge on any atom is -0.327 e.